The molecular formula is C33H38N4O5. The first-order valence-electron chi connectivity index (χ1n) is 14.3. The Morgan fingerprint density at radius 2 is 1.95 bits per heavy atom. The molecule has 2 aliphatic heterocycles. The van der Waals surface area contributed by atoms with E-state index < -0.39 is 5.97 Å². The monoisotopic (exact) mass is 570 g/mol. The highest BCUT2D eigenvalue weighted by molar-refractivity contribution is 6.08. The lowest BCUT2D eigenvalue weighted by Crippen LogP contribution is -2.42. The zero-order chi connectivity index (χ0) is 29.6. The number of carbonyl (C=O) groups is 1. The van der Waals surface area contributed by atoms with E-state index in [0.717, 1.165) is 68.7 Å². The standard InChI is InChI=1S/C33H38N4O5/c1-21-6-4-7-27(29-8-5-9-30(35-29)36-32(40-3)28(18-34)33(38)39)31(21)42-20-24-11-10-23-19-37(15-12-26(23)22(24)2)25-13-16-41-17-14-25/h4-11,18,25,34H,12-17,19-20H2,1-3H3,(H,35,36)(H,38,39)/b32-28-,34-18?. The Morgan fingerprint density at radius 1 is 1.17 bits per heavy atom. The number of ether oxygens (including phenoxy) is 3. The van der Waals surface area contributed by atoms with E-state index in [-0.39, 0.29) is 11.5 Å². The molecule has 1 fully saturated rings. The molecule has 0 spiro atoms. The number of carboxylic acid groups (broad SMARTS) is 1. The topological polar surface area (TPSA) is 117 Å². The zero-order valence-corrected chi connectivity index (χ0v) is 24.4. The van der Waals surface area contributed by atoms with E-state index in [0.29, 0.717) is 24.2 Å². The number of aliphatic carboxylic acids is 1. The fourth-order valence-electron chi connectivity index (χ4n) is 5.85. The number of rotatable bonds is 10. The number of hydrogen-bond donors (Lipinski definition) is 3. The summed E-state index contributed by atoms with van der Waals surface area (Å²) in [5.74, 6) is -0.202. The number of nitrogens with zero attached hydrogens (tertiary/aromatic N) is 2. The first kappa shape index (κ1) is 29.3. The summed E-state index contributed by atoms with van der Waals surface area (Å²) in [4.78, 5) is 18.8. The Bertz CT molecular complexity index is 1500. The van der Waals surface area contributed by atoms with Crippen molar-refractivity contribution in [3.63, 3.8) is 0 Å². The van der Waals surface area contributed by atoms with Crippen molar-refractivity contribution in [2.24, 2.45) is 0 Å². The third kappa shape index (κ3) is 6.32. The highest BCUT2D eigenvalue weighted by Crippen LogP contribution is 2.34. The fraction of sp³-hybridized carbons (Fsp3) is 0.364. The zero-order valence-electron chi connectivity index (χ0n) is 24.4. The molecule has 0 unspecified atom stereocenters. The number of anilines is 1. The predicted octanol–water partition coefficient (Wildman–Crippen LogP) is 5.49. The molecule has 0 radical (unpaired) electrons. The molecule has 1 aromatic heterocycles. The number of aromatic nitrogens is 1. The van der Waals surface area contributed by atoms with E-state index in [2.05, 4.69) is 29.3 Å². The van der Waals surface area contributed by atoms with Gasteiger partial charge in [0.05, 0.1) is 12.8 Å². The number of aryl methyl sites for hydroxylation is 1. The van der Waals surface area contributed by atoms with Crippen LogP contribution in [0.3, 0.4) is 0 Å². The fourth-order valence-corrected chi connectivity index (χ4v) is 5.85. The van der Waals surface area contributed by atoms with E-state index in [9.17, 15) is 9.90 Å². The minimum Gasteiger partial charge on any atom is -0.488 e. The van der Waals surface area contributed by atoms with Crippen molar-refractivity contribution in [2.75, 3.05) is 32.2 Å². The third-order valence-electron chi connectivity index (χ3n) is 8.21. The number of methoxy groups -OCH3 is 1. The Hall–Kier alpha value is -4.21. The third-order valence-corrected chi connectivity index (χ3v) is 8.21. The highest BCUT2D eigenvalue weighted by atomic mass is 16.5. The van der Waals surface area contributed by atoms with Crippen LogP contribution in [0.4, 0.5) is 5.82 Å². The summed E-state index contributed by atoms with van der Waals surface area (Å²) in [6.07, 6.45) is 4.01. The van der Waals surface area contributed by atoms with Crippen LogP contribution in [0.2, 0.25) is 0 Å². The van der Waals surface area contributed by atoms with Crippen molar-refractivity contribution in [2.45, 2.75) is 52.3 Å². The van der Waals surface area contributed by atoms with Crippen molar-refractivity contribution >= 4 is 18.0 Å². The quantitative estimate of drug-likeness (QED) is 0.167. The number of hydrogen-bond acceptors (Lipinski definition) is 8. The number of pyridine rings is 1. The van der Waals surface area contributed by atoms with Gasteiger partial charge in [-0.3, -0.25) is 4.90 Å². The molecule has 3 N–H and O–H groups in total. The Balaban J connectivity index is 1.35. The first-order chi connectivity index (χ1) is 20.4. The van der Waals surface area contributed by atoms with Crippen LogP contribution in [0, 0.1) is 19.3 Å². The van der Waals surface area contributed by atoms with Gasteiger partial charge in [0.15, 0.2) is 0 Å². The second-order valence-electron chi connectivity index (χ2n) is 10.7. The molecule has 0 atom stereocenters. The highest BCUT2D eigenvalue weighted by Gasteiger charge is 2.26. The molecule has 3 heterocycles. The molecular weight excluding hydrogens is 532 g/mol. The number of fused-ring (bicyclic) bond motifs is 1. The van der Waals surface area contributed by atoms with Gasteiger partial charge in [0, 0.05) is 44.1 Å². The van der Waals surface area contributed by atoms with Crippen molar-refractivity contribution in [1.82, 2.24) is 9.88 Å². The summed E-state index contributed by atoms with van der Waals surface area (Å²) in [5.41, 5.74) is 7.51. The minimum absolute atomic E-state index is 0.0679. The molecule has 0 saturated carbocycles. The number of carboxylic acids is 1. The average Bonchev–Trinajstić information content (AvgIpc) is 3.01. The summed E-state index contributed by atoms with van der Waals surface area (Å²) >= 11 is 0. The molecule has 2 aromatic carbocycles. The van der Waals surface area contributed by atoms with Crippen LogP contribution in [0.15, 0.2) is 60.0 Å². The lowest BCUT2D eigenvalue weighted by Gasteiger charge is -2.38. The van der Waals surface area contributed by atoms with Gasteiger partial charge in [-0.05, 0) is 79.1 Å². The normalized spacial score (nSPS) is 16.3. The van der Waals surface area contributed by atoms with Crippen molar-refractivity contribution in [3.05, 3.63) is 87.8 Å². The summed E-state index contributed by atoms with van der Waals surface area (Å²) in [7, 11) is 1.34. The Kier molecular flexibility index (Phi) is 9.19. The largest absolute Gasteiger partial charge is 0.488 e. The predicted molar refractivity (Wildman–Crippen MR) is 162 cm³/mol. The van der Waals surface area contributed by atoms with Gasteiger partial charge in [0.2, 0.25) is 5.88 Å². The van der Waals surface area contributed by atoms with Crippen LogP contribution in [0.1, 0.15) is 40.7 Å². The van der Waals surface area contributed by atoms with E-state index in [1.165, 1.54) is 29.4 Å². The van der Waals surface area contributed by atoms with Crippen molar-refractivity contribution < 1.29 is 24.1 Å². The molecule has 5 rings (SSSR count). The second-order valence-corrected chi connectivity index (χ2v) is 10.7. The van der Waals surface area contributed by atoms with Gasteiger partial charge < -0.3 is 30.0 Å². The summed E-state index contributed by atoms with van der Waals surface area (Å²) in [5, 5.41) is 19.7. The maximum absolute atomic E-state index is 11.5. The molecule has 0 amide bonds. The molecule has 220 valence electrons. The van der Waals surface area contributed by atoms with Crippen molar-refractivity contribution in [1.29, 1.82) is 5.41 Å². The summed E-state index contributed by atoms with van der Waals surface area (Å²) < 4.78 is 17.3. The minimum atomic E-state index is -1.27. The van der Waals surface area contributed by atoms with Crippen LogP contribution in [0.25, 0.3) is 11.3 Å². The first-order valence-corrected chi connectivity index (χ1v) is 14.3. The Morgan fingerprint density at radius 3 is 2.69 bits per heavy atom. The van der Waals surface area contributed by atoms with Crippen LogP contribution in [-0.2, 0) is 33.8 Å². The number of para-hydroxylation sites is 1. The average molecular weight is 571 g/mol. The second kappa shape index (κ2) is 13.2. The van der Waals surface area contributed by atoms with Gasteiger partial charge in [0.1, 0.15) is 23.7 Å². The van der Waals surface area contributed by atoms with E-state index in [1.807, 2.05) is 37.3 Å². The molecule has 1 saturated heterocycles. The van der Waals surface area contributed by atoms with Crippen LogP contribution in [0.5, 0.6) is 5.75 Å². The van der Waals surface area contributed by atoms with E-state index in [1.54, 1.807) is 6.07 Å². The van der Waals surface area contributed by atoms with Gasteiger partial charge in [-0.2, -0.15) is 0 Å². The van der Waals surface area contributed by atoms with Gasteiger partial charge >= 0.3 is 5.97 Å². The van der Waals surface area contributed by atoms with Crippen LogP contribution in [-0.4, -0.2) is 60.1 Å². The van der Waals surface area contributed by atoms with E-state index >= 15 is 0 Å². The summed E-state index contributed by atoms with van der Waals surface area (Å²) in [6, 6.07) is 16.4. The maximum atomic E-state index is 11.5. The lowest BCUT2D eigenvalue weighted by molar-refractivity contribution is -0.132. The summed E-state index contributed by atoms with van der Waals surface area (Å²) in [6.45, 7) is 8.46. The Labute approximate surface area is 246 Å². The van der Waals surface area contributed by atoms with Gasteiger partial charge in [-0.1, -0.05) is 30.3 Å². The van der Waals surface area contributed by atoms with Gasteiger partial charge in [-0.15, -0.1) is 0 Å². The number of nitrogens with one attached hydrogen (secondary N) is 2. The van der Waals surface area contributed by atoms with Crippen LogP contribution < -0.4 is 10.1 Å². The molecule has 0 bridgehead atoms. The van der Waals surface area contributed by atoms with Crippen LogP contribution >= 0.6 is 0 Å². The maximum Gasteiger partial charge on any atom is 0.342 e. The molecule has 3 aromatic rings. The van der Waals surface area contributed by atoms with E-state index in [4.69, 9.17) is 24.6 Å². The molecule has 9 nitrogen and oxygen atoms in total. The SMILES string of the molecule is CO/C(Nc1cccc(-c2cccc(C)c2OCc2ccc3c(c2C)CCN(C2CCOCC2)C3)n1)=C(/C=N)C(=O)O. The van der Waals surface area contributed by atoms with Gasteiger partial charge in [-0.25, -0.2) is 9.78 Å². The lowest BCUT2D eigenvalue weighted by atomic mass is 9.90. The molecule has 0 aliphatic carbocycles. The van der Waals surface area contributed by atoms with Crippen molar-refractivity contribution in [3.8, 4) is 17.0 Å². The molecule has 9 heteroatoms. The smallest absolute Gasteiger partial charge is 0.342 e. The number of benzene rings is 2. The molecule has 2 aliphatic rings. The van der Waals surface area contributed by atoms with Gasteiger partial charge in [0.25, 0.3) is 0 Å². The molecule has 42 heavy (non-hydrogen) atoms.